The zero-order valence-corrected chi connectivity index (χ0v) is 20.1. The molecule has 1 fully saturated rings. The molecule has 1 aromatic heterocycles. The summed E-state index contributed by atoms with van der Waals surface area (Å²) in [5.41, 5.74) is -1.33. The SMILES string of the molecule is Cc1cn([C@H]2C[C@H]([O-])[C@@H](COP(=O)(O)OP(=O)(O)OP(=O)(O)O)O2)c(=O)[nH]c1=O.[Na+]. The van der Waals surface area contributed by atoms with Gasteiger partial charge in [0.2, 0.25) is 0 Å². The van der Waals surface area contributed by atoms with Gasteiger partial charge in [0.1, 0.15) is 6.23 Å². The van der Waals surface area contributed by atoms with Crippen molar-refractivity contribution in [3.05, 3.63) is 32.6 Å². The van der Waals surface area contributed by atoms with Gasteiger partial charge in [-0.25, -0.2) is 18.5 Å². The fraction of sp³-hybridized carbons (Fsp3) is 0.600. The number of phosphoric acid groups is 3. The summed E-state index contributed by atoms with van der Waals surface area (Å²) < 4.78 is 51.1. The summed E-state index contributed by atoms with van der Waals surface area (Å²) in [4.78, 5) is 60.5. The minimum Gasteiger partial charge on any atom is -0.850 e. The van der Waals surface area contributed by atoms with Gasteiger partial charge >= 0.3 is 58.7 Å². The Morgan fingerprint density at radius 2 is 1.80 bits per heavy atom. The van der Waals surface area contributed by atoms with Crippen molar-refractivity contribution in [1.29, 1.82) is 0 Å². The van der Waals surface area contributed by atoms with E-state index < -0.39 is 59.8 Å². The number of aromatic nitrogens is 2. The number of aromatic amines is 1. The van der Waals surface area contributed by atoms with Crippen molar-refractivity contribution < 1.29 is 85.8 Å². The van der Waals surface area contributed by atoms with Crippen molar-refractivity contribution in [3.8, 4) is 0 Å². The molecular weight excluding hydrogens is 488 g/mol. The standard InChI is InChI=1S/C10H16N2O14P3.Na/c1-5-3-12(10(15)11-9(5)14)8-2-6(13)7(24-8)4-23-28(19,20)26-29(21,22)25-27(16,17)18;/h3,6-8H,2,4H2,1H3,(H,19,20)(H,21,22)(H,11,14,15)(H2,16,17,18);/q-1;+1/t6-,7+,8+;/m0./s1. The van der Waals surface area contributed by atoms with Crippen molar-refractivity contribution >= 4 is 23.5 Å². The summed E-state index contributed by atoms with van der Waals surface area (Å²) in [6.07, 6.45) is -3.23. The molecule has 2 heterocycles. The van der Waals surface area contributed by atoms with Crippen LogP contribution in [0.25, 0.3) is 0 Å². The van der Waals surface area contributed by atoms with Crippen molar-refractivity contribution in [3.63, 3.8) is 0 Å². The molecule has 5 N–H and O–H groups in total. The number of H-pyrrole nitrogens is 1. The van der Waals surface area contributed by atoms with E-state index in [-0.39, 0.29) is 41.5 Å². The minimum absolute atomic E-state index is 0. The molecule has 0 spiro atoms. The van der Waals surface area contributed by atoms with Crippen LogP contribution in [0.5, 0.6) is 0 Å². The summed E-state index contributed by atoms with van der Waals surface area (Å²) in [7, 11) is -16.6. The van der Waals surface area contributed by atoms with Gasteiger partial charge in [-0.05, 0) is 13.3 Å². The van der Waals surface area contributed by atoms with Gasteiger partial charge in [0.05, 0.1) is 12.7 Å². The summed E-state index contributed by atoms with van der Waals surface area (Å²) >= 11 is 0. The molecular formula is C10H16N2NaO14P3. The third-order valence-electron chi connectivity index (χ3n) is 3.45. The van der Waals surface area contributed by atoms with Gasteiger partial charge in [-0.2, -0.15) is 8.62 Å². The minimum atomic E-state index is -5.69. The summed E-state index contributed by atoms with van der Waals surface area (Å²) in [5, 5.41) is 12.1. The Morgan fingerprint density at radius 3 is 2.37 bits per heavy atom. The first kappa shape index (κ1) is 28.0. The quantitative estimate of drug-likeness (QED) is 0.165. The molecule has 2 unspecified atom stereocenters. The van der Waals surface area contributed by atoms with Gasteiger partial charge in [-0.15, -0.1) is 0 Å². The van der Waals surface area contributed by atoms with E-state index in [0.717, 1.165) is 10.8 Å². The Balaban J connectivity index is 0.00000450. The molecule has 2 rings (SSSR count). The Hall–Kier alpha value is 0.01000. The first-order valence-electron chi connectivity index (χ1n) is 7.50. The van der Waals surface area contributed by atoms with Crippen LogP contribution in [-0.2, 0) is 31.6 Å². The van der Waals surface area contributed by atoms with Crippen molar-refractivity contribution in [2.75, 3.05) is 6.61 Å². The number of nitrogens with zero attached hydrogens (tertiary/aromatic N) is 1. The van der Waals surface area contributed by atoms with Crippen molar-refractivity contribution in [2.45, 2.75) is 31.8 Å². The van der Waals surface area contributed by atoms with Crippen LogP contribution in [0.15, 0.2) is 15.8 Å². The van der Waals surface area contributed by atoms with E-state index in [4.69, 9.17) is 19.4 Å². The maximum absolute atomic E-state index is 12.1. The average molecular weight is 504 g/mol. The van der Waals surface area contributed by atoms with Crippen LogP contribution in [0.4, 0.5) is 0 Å². The third-order valence-corrected chi connectivity index (χ3v) is 7.26. The molecule has 0 aromatic carbocycles. The number of rotatable bonds is 8. The van der Waals surface area contributed by atoms with Crippen molar-refractivity contribution in [1.82, 2.24) is 9.55 Å². The van der Waals surface area contributed by atoms with Crippen LogP contribution >= 0.6 is 23.5 Å². The molecule has 0 aliphatic carbocycles. The molecule has 1 aliphatic rings. The molecule has 5 atom stereocenters. The normalized spacial score (nSPS) is 25.9. The Kier molecular flexibility index (Phi) is 9.63. The molecule has 0 bridgehead atoms. The smallest absolute Gasteiger partial charge is 0.850 e. The molecule has 0 amide bonds. The Morgan fingerprint density at radius 1 is 1.20 bits per heavy atom. The Labute approximate surface area is 189 Å². The van der Waals surface area contributed by atoms with Crippen LogP contribution in [0, 0.1) is 6.92 Å². The molecule has 1 saturated heterocycles. The van der Waals surface area contributed by atoms with Gasteiger partial charge in [0.25, 0.3) is 5.56 Å². The number of hydrogen-bond donors (Lipinski definition) is 5. The van der Waals surface area contributed by atoms with Gasteiger partial charge in [0, 0.05) is 11.8 Å². The second-order valence-electron chi connectivity index (χ2n) is 5.77. The number of phosphoric ester groups is 1. The summed E-state index contributed by atoms with van der Waals surface area (Å²) in [6, 6.07) is 0. The first-order chi connectivity index (χ1) is 13.1. The fourth-order valence-corrected chi connectivity index (χ4v) is 5.32. The van der Waals surface area contributed by atoms with Gasteiger partial charge < -0.3 is 29.4 Å². The first-order valence-corrected chi connectivity index (χ1v) is 12.0. The molecule has 20 heteroatoms. The largest absolute Gasteiger partial charge is 1.00 e. The number of ether oxygens (including phenoxy) is 1. The van der Waals surface area contributed by atoms with Gasteiger partial charge in [-0.3, -0.25) is 18.9 Å². The molecule has 16 nitrogen and oxygen atoms in total. The maximum atomic E-state index is 12.1. The van der Waals surface area contributed by atoms with Crippen LogP contribution in [0.1, 0.15) is 18.2 Å². The average Bonchev–Trinajstić information content (AvgIpc) is 2.86. The van der Waals surface area contributed by atoms with E-state index in [1.165, 1.54) is 6.92 Å². The second-order valence-corrected chi connectivity index (χ2v) is 10.2. The molecule has 0 saturated carbocycles. The van der Waals surface area contributed by atoms with E-state index >= 15 is 0 Å². The van der Waals surface area contributed by atoms with E-state index in [1.54, 1.807) is 0 Å². The Bertz CT molecular complexity index is 1020. The monoisotopic (exact) mass is 504 g/mol. The van der Waals surface area contributed by atoms with Crippen LogP contribution in [0.2, 0.25) is 0 Å². The molecule has 30 heavy (non-hydrogen) atoms. The topological polar surface area (TPSA) is 247 Å². The van der Waals surface area contributed by atoms with E-state index in [0.29, 0.717) is 0 Å². The van der Waals surface area contributed by atoms with E-state index in [9.17, 15) is 33.3 Å². The van der Waals surface area contributed by atoms with Crippen LogP contribution < -0.4 is 45.9 Å². The molecule has 1 aromatic rings. The summed E-state index contributed by atoms with van der Waals surface area (Å²) in [6.45, 7) is 0.469. The molecule has 1 aliphatic heterocycles. The van der Waals surface area contributed by atoms with Crippen molar-refractivity contribution in [2.24, 2.45) is 0 Å². The zero-order chi connectivity index (χ0) is 22.2. The van der Waals surface area contributed by atoms with E-state index in [1.807, 2.05) is 4.98 Å². The maximum Gasteiger partial charge on any atom is 1.00 e. The van der Waals surface area contributed by atoms with Crippen LogP contribution in [0.3, 0.4) is 0 Å². The predicted molar refractivity (Wildman–Crippen MR) is 88.2 cm³/mol. The molecule has 166 valence electrons. The van der Waals surface area contributed by atoms with Gasteiger partial charge in [0.15, 0.2) is 0 Å². The fourth-order valence-electron chi connectivity index (χ4n) is 2.29. The molecule has 0 radical (unpaired) electrons. The predicted octanol–water partition coefficient (Wildman–Crippen LogP) is -4.79. The third kappa shape index (κ3) is 8.17. The van der Waals surface area contributed by atoms with Crippen LogP contribution in [-0.4, -0.2) is 47.9 Å². The second kappa shape index (κ2) is 10.3. The number of aryl methyl sites for hydroxylation is 1. The zero-order valence-electron chi connectivity index (χ0n) is 15.4. The van der Waals surface area contributed by atoms with E-state index in [2.05, 4.69) is 13.1 Å². The number of hydrogen-bond acceptors (Lipinski definition) is 10. The van der Waals surface area contributed by atoms with Gasteiger partial charge in [-0.1, -0.05) is 6.10 Å². The number of nitrogens with one attached hydrogen (secondary N) is 1. The summed E-state index contributed by atoms with van der Waals surface area (Å²) in [5.74, 6) is 0.